The van der Waals surface area contributed by atoms with Gasteiger partial charge < -0.3 is 10.0 Å². The molecule has 3 rings (SSSR count). The average molecular weight is 247 g/mol. The summed E-state index contributed by atoms with van der Waals surface area (Å²) in [6.45, 7) is 4.73. The van der Waals surface area contributed by atoms with Crippen LogP contribution >= 0.6 is 0 Å². The maximum absolute atomic E-state index is 9.14. The average Bonchev–Trinajstić information content (AvgIpc) is 3.09. The van der Waals surface area contributed by atoms with Gasteiger partial charge in [-0.3, -0.25) is 4.90 Å². The second-order valence-electron chi connectivity index (χ2n) is 5.28. The molecule has 2 saturated heterocycles. The van der Waals surface area contributed by atoms with E-state index in [2.05, 4.69) is 14.8 Å². The molecule has 18 heavy (non-hydrogen) atoms. The van der Waals surface area contributed by atoms with Crippen LogP contribution in [0.15, 0.2) is 18.2 Å². The van der Waals surface area contributed by atoms with Gasteiger partial charge in [0.1, 0.15) is 5.82 Å². The first-order chi connectivity index (χ1) is 8.86. The van der Waals surface area contributed by atoms with Crippen molar-refractivity contribution in [3.63, 3.8) is 0 Å². The molecule has 0 radical (unpaired) electrons. The molecule has 1 N–H and O–H groups in total. The number of likely N-dealkylation sites (tertiary alicyclic amines) is 1. The smallest absolute Gasteiger partial charge is 0.128 e. The van der Waals surface area contributed by atoms with Gasteiger partial charge in [0.25, 0.3) is 0 Å². The van der Waals surface area contributed by atoms with Crippen LogP contribution in [0.3, 0.4) is 0 Å². The molecule has 2 fully saturated rings. The molecule has 2 aliphatic heterocycles. The molecule has 2 aliphatic rings. The van der Waals surface area contributed by atoms with E-state index >= 15 is 0 Å². The highest BCUT2D eigenvalue weighted by Crippen LogP contribution is 2.24. The van der Waals surface area contributed by atoms with Crippen molar-refractivity contribution in [2.75, 3.05) is 31.1 Å². The van der Waals surface area contributed by atoms with Crippen LogP contribution in [-0.4, -0.2) is 47.2 Å². The minimum Gasteiger partial charge on any atom is -0.390 e. The van der Waals surface area contributed by atoms with Crippen molar-refractivity contribution in [3.8, 4) is 0 Å². The topological polar surface area (TPSA) is 39.6 Å². The first-order valence-electron chi connectivity index (χ1n) is 6.92. The fraction of sp³-hybridized carbons (Fsp3) is 0.643. The van der Waals surface area contributed by atoms with Gasteiger partial charge in [-0.15, -0.1) is 0 Å². The predicted octanol–water partition coefficient (Wildman–Crippen LogP) is 1.25. The fourth-order valence-corrected chi connectivity index (χ4v) is 3.09. The Labute approximate surface area is 108 Å². The van der Waals surface area contributed by atoms with E-state index in [4.69, 9.17) is 5.11 Å². The number of hydrogen-bond donors (Lipinski definition) is 1. The maximum atomic E-state index is 9.14. The number of nitrogens with zero attached hydrogens (tertiary/aromatic N) is 3. The van der Waals surface area contributed by atoms with E-state index in [-0.39, 0.29) is 6.61 Å². The van der Waals surface area contributed by atoms with E-state index in [1.807, 2.05) is 18.2 Å². The van der Waals surface area contributed by atoms with Crippen molar-refractivity contribution in [1.82, 2.24) is 9.88 Å². The highest BCUT2D eigenvalue weighted by atomic mass is 16.3. The zero-order chi connectivity index (χ0) is 12.4. The number of pyridine rings is 1. The van der Waals surface area contributed by atoms with Crippen molar-refractivity contribution in [2.24, 2.45) is 0 Å². The fourth-order valence-electron chi connectivity index (χ4n) is 3.09. The summed E-state index contributed by atoms with van der Waals surface area (Å²) in [7, 11) is 0. The van der Waals surface area contributed by atoms with Crippen molar-refractivity contribution in [2.45, 2.75) is 31.9 Å². The SMILES string of the molecule is OCc1cccc(N2CCC(N3CCCC3)C2)n1. The van der Waals surface area contributed by atoms with Crippen LogP contribution in [-0.2, 0) is 6.61 Å². The molecule has 1 unspecified atom stereocenters. The van der Waals surface area contributed by atoms with E-state index in [1.54, 1.807) is 0 Å². The molecule has 0 aliphatic carbocycles. The summed E-state index contributed by atoms with van der Waals surface area (Å²) in [6.07, 6.45) is 3.95. The molecule has 98 valence electrons. The van der Waals surface area contributed by atoms with Crippen LogP contribution in [0.4, 0.5) is 5.82 Å². The first kappa shape index (κ1) is 11.9. The molecule has 4 heteroatoms. The van der Waals surface area contributed by atoms with Gasteiger partial charge in [-0.25, -0.2) is 4.98 Å². The van der Waals surface area contributed by atoms with Gasteiger partial charge in [-0.05, 0) is 44.5 Å². The Hall–Kier alpha value is -1.13. The molecular formula is C14H21N3O. The third-order valence-corrected chi connectivity index (χ3v) is 4.10. The van der Waals surface area contributed by atoms with E-state index in [1.165, 1.54) is 32.4 Å². The molecule has 0 aromatic carbocycles. The summed E-state index contributed by atoms with van der Waals surface area (Å²) >= 11 is 0. The van der Waals surface area contributed by atoms with E-state index in [0.717, 1.165) is 24.6 Å². The van der Waals surface area contributed by atoms with Crippen molar-refractivity contribution < 1.29 is 5.11 Å². The van der Waals surface area contributed by atoms with E-state index < -0.39 is 0 Å². The normalized spacial score (nSPS) is 24.9. The standard InChI is InChI=1S/C14H21N3O/c18-11-12-4-3-5-14(15-12)17-9-6-13(10-17)16-7-1-2-8-16/h3-5,13,18H,1-2,6-11H2. The molecule has 1 aromatic heterocycles. The lowest BCUT2D eigenvalue weighted by Crippen LogP contribution is -2.35. The maximum Gasteiger partial charge on any atom is 0.128 e. The zero-order valence-electron chi connectivity index (χ0n) is 10.8. The second kappa shape index (κ2) is 5.24. The summed E-state index contributed by atoms with van der Waals surface area (Å²) in [5, 5.41) is 9.14. The highest BCUT2D eigenvalue weighted by Gasteiger charge is 2.29. The van der Waals surface area contributed by atoms with Crippen LogP contribution in [0.1, 0.15) is 25.0 Å². The summed E-state index contributed by atoms with van der Waals surface area (Å²) in [4.78, 5) is 9.46. The quantitative estimate of drug-likeness (QED) is 0.872. The Kier molecular flexibility index (Phi) is 3.48. The molecule has 0 saturated carbocycles. The Bertz CT molecular complexity index is 404. The summed E-state index contributed by atoms with van der Waals surface area (Å²) in [5.74, 6) is 1.02. The number of aliphatic hydroxyl groups is 1. The molecule has 0 bridgehead atoms. The van der Waals surface area contributed by atoms with Gasteiger partial charge in [0.15, 0.2) is 0 Å². The van der Waals surface area contributed by atoms with Crippen LogP contribution in [0.2, 0.25) is 0 Å². The lowest BCUT2D eigenvalue weighted by Gasteiger charge is -2.24. The summed E-state index contributed by atoms with van der Waals surface area (Å²) < 4.78 is 0. The van der Waals surface area contributed by atoms with Gasteiger partial charge in [0.05, 0.1) is 12.3 Å². The molecular weight excluding hydrogens is 226 g/mol. The lowest BCUT2D eigenvalue weighted by atomic mass is 10.2. The largest absolute Gasteiger partial charge is 0.390 e. The Morgan fingerprint density at radius 1 is 1.22 bits per heavy atom. The van der Waals surface area contributed by atoms with E-state index in [9.17, 15) is 0 Å². The summed E-state index contributed by atoms with van der Waals surface area (Å²) in [6, 6.07) is 6.60. The minimum absolute atomic E-state index is 0.0250. The molecule has 0 spiro atoms. The van der Waals surface area contributed by atoms with Gasteiger partial charge in [-0.1, -0.05) is 6.07 Å². The molecule has 4 nitrogen and oxygen atoms in total. The first-order valence-corrected chi connectivity index (χ1v) is 6.92. The predicted molar refractivity (Wildman–Crippen MR) is 71.6 cm³/mol. The lowest BCUT2D eigenvalue weighted by molar-refractivity contribution is 0.260. The van der Waals surface area contributed by atoms with Gasteiger partial charge in [0, 0.05) is 19.1 Å². The van der Waals surface area contributed by atoms with Crippen LogP contribution in [0.5, 0.6) is 0 Å². The minimum atomic E-state index is 0.0250. The third kappa shape index (κ3) is 2.35. The molecule has 0 amide bonds. The van der Waals surface area contributed by atoms with Crippen molar-refractivity contribution >= 4 is 5.82 Å². The zero-order valence-corrected chi connectivity index (χ0v) is 10.8. The summed E-state index contributed by atoms with van der Waals surface area (Å²) in [5.41, 5.74) is 0.761. The van der Waals surface area contributed by atoms with Gasteiger partial charge in [-0.2, -0.15) is 0 Å². The molecule has 1 aromatic rings. The Balaban J connectivity index is 1.67. The van der Waals surface area contributed by atoms with Gasteiger partial charge in [0.2, 0.25) is 0 Å². The van der Waals surface area contributed by atoms with Crippen LogP contribution in [0.25, 0.3) is 0 Å². The Morgan fingerprint density at radius 2 is 2.06 bits per heavy atom. The van der Waals surface area contributed by atoms with Crippen LogP contribution < -0.4 is 4.90 Å². The number of aliphatic hydroxyl groups excluding tert-OH is 1. The second-order valence-corrected chi connectivity index (χ2v) is 5.28. The molecule has 3 heterocycles. The van der Waals surface area contributed by atoms with E-state index in [0.29, 0.717) is 6.04 Å². The number of rotatable bonds is 3. The van der Waals surface area contributed by atoms with Crippen LogP contribution in [0, 0.1) is 0 Å². The monoisotopic (exact) mass is 247 g/mol. The van der Waals surface area contributed by atoms with Gasteiger partial charge >= 0.3 is 0 Å². The number of anilines is 1. The number of aromatic nitrogens is 1. The van der Waals surface area contributed by atoms with Crippen molar-refractivity contribution in [3.05, 3.63) is 23.9 Å². The third-order valence-electron chi connectivity index (χ3n) is 4.10. The highest BCUT2D eigenvalue weighted by molar-refractivity contribution is 5.40. The molecule has 1 atom stereocenters. The number of hydrogen-bond acceptors (Lipinski definition) is 4. The van der Waals surface area contributed by atoms with Crippen molar-refractivity contribution in [1.29, 1.82) is 0 Å². The Morgan fingerprint density at radius 3 is 2.83 bits per heavy atom.